The second kappa shape index (κ2) is 13.4. The van der Waals surface area contributed by atoms with E-state index in [0.717, 1.165) is 0 Å². The Balaban J connectivity index is 1.61. The molecule has 0 saturated carbocycles. The van der Waals surface area contributed by atoms with Gasteiger partial charge < -0.3 is 34.4 Å². The van der Waals surface area contributed by atoms with E-state index in [1.165, 1.54) is 9.80 Å². The summed E-state index contributed by atoms with van der Waals surface area (Å²) >= 11 is 3.63. The van der Waals surface area contributed by atoms with E-state index in [1.54, 1.807) is 50.5 Å². The molecule has 2 bridgehead atoms. The summed E-state index contributed by atoms with van der Waals surface area (Å²) in [6.07, 6.45) is 3.01. The van der Waals surface area contributed by atoms with Crippen molar-refractivity contribution in [3.63, 3.8) is 0 Å². The van der Waals surface area contributed by atoms with Crippen molar-refractivity contribution in [2.45, 2.75) is 54.9 Å². The molecule has 3 aliphatic rings. The lowest BCUT2D eigenvalue weighted by Gasteiger charge is -2.37. The fraction of sp³-hybridized carbons (Fsp3) is 0.533. The molecule has 2 N–H and O–H groups in total. The van der Waals surface area contributed by atoms with Crippen LogP contribution in [0.25, 0.3) is 0 Å². The van der Waals surface area contributed by atoms with Gasteiger partial charge in [0.2, 0.25) is 11.8 Å². The molecule has 3 aliphatic heterocycles. The zero-order valence-electron chi connectivity index (χ0n) is 23.9. The molecule has 1 unspecified atom stereocenters. The number of hydrogen-bond donors (Lipinski definition) is 2. The minimum Gasteiger partial charge on any atom is -0.497 e. The van der Waals surface area contributed by atoms with Gasteiger partial charge in [0.25, 0.3) is 5.91 Å². The Morgan fingerprint density at radius 2 is 2.00 bits per heavy atom. The molecule has 4 rings (SSSR count). The van der Waals surface area contributed by atoms with E-state index in [9.17, 15) is 24.3 Å². The van der Waals surface area contributed by atoms with Crippen molar-refractivity contribution in [1.82, 2.24) is 10.2 Å². The molecule has 7 atom stereocenters. The number of β-amino-alcohol motifs (C(OH)–C–C–N with tert-alkyl or cyclic N) is 1. The molecule has 3 amide bonds. The average molecular weight is 649 g/mol. The highest BCUT2D eigenvalue weighted by Crippen LogP contribution is 2.60. The Bertz CT molecular complexity index is 1210. The summed E-state index contributed by atoms with van der Waals surface area (Å²) < 4.78 is 17.4. The van der Waals surface area contributed by atoms with Crippen molar-refractivity contribution in [3.05, 3.63) is 49.6 Å². The third-order valence-electron chi connectivity index (χ3n) is 8.08. The van der Waals surface area contributed by atoms with E-state index in [2.05, 4.69) is 34.4 Å². The first-order chi connectivity index (χ1) is 20.1. The van der Waals surface area contributed by atoms with Crippen LogP contribution in [0.1, 0.15) is 26.2 Å². The maximum atomic E-state index is 14.3. The van der Waals surface area contributed by atoms with Crippen LogP contribution in [0.15, 0.2) is 49.6 Å². The van der Waals surface area contributed by atoms with Gasteiger partial charge in [0.1, 0.15) is 23.5 Å². The van der Waals surface area contributed by atoms with Gasteiger partial charge in [0.15, 0.2) is 0 Å². The second-order valence-electron chi connectivity index (χ2n) is 10.7. The van der Waals surface area contributed by atoms with Crippen LogP contribution in [0.4, 0.5) is 5.69 Å². The Morgan fingerprint density at radius 1 is 1.29 bits per heavy atom. The van der Waals surface area contributed by atoms with Crippen LogP contribution in [0.5, 0.6) is 5.75 Å². The predicted molar refractivity (Wildman–Crippen MR) is 158 cm³/mol. The number of ether oxygens (including phenoxy) is 3. The zero-order chi connectivity index (χ0) is 30.6. The van der Waals surface area contributed by atoms with Crippen LogP contribution in [-0.4, -0.2) is 95.7 Å². The van der Waals surface area contributed by atoms with Crippen LogP contribution in [-0.2, 0) is 28.7 Å². The molecule has 3 saturated heterocycles. The number of amides is 3. The third-order valence-corrected chi connectivity index (χ3v) is 8.92. The van der Waals surface area contributed by atoms with Crippen molar-refractivity contribution in [2.75, 3.05) is 38.3 Å². The van der Waals surface area contributed by atoms with E-state index >= 15 is 0 Å². The van der Waals surface area contributed by atoms with Gasteiger partial charge in [-0.05, 0) is 44.0 Å². The number of alkyl halides is 1. The molecule has 3 fully saturated rings. The molecule has 1 spiro atoms. The number of anilines is 1. The number of allylic oxidation sites excluding steroid dienone is 1. The SMILES string of the molecule is C=CCCC(=O)NC[C@H](C)OC(=O)[C@@H]1[C@H]2O[C@@]3(CC2Br)[C@H](C(=O)N(CC=C)c2ccc(OC)cc2)N(CCO)C(=O)[C@@H]13. The van der Waals surface area contributed by atoms with Crippen LogP contribution in [0.2, 0.25) is 0 Å². The number of likely N-dealkylation sites (tertiary alicyclic amines) is 1. The summed E-state index contributed by atoms with van der Waals surface area (Å²) in [7, 11) is 1.55. The highest BCUT2D eigenvalue weighted by molar-refractivity contribution is 9.09. The molecular weight excluding hydrogens is 610 g/mol. The van der Waals surface area contributed by atoms with Crippen LogP contribution in [0.3, 0.4) is 0 Å². The minimum absolute atomic E-state index is 0.103. The zero-order valence-corrected chi connectivity index (χ0v) is 25.5. The highest BCUT2D eigenvalue weighted by Gasteiger charge is 2.77. The molecule has 0 radical (unpaired) electrons. The van der Waals surface area contributed by atoms with Crippen LogP contribution >= 0.6 is 15.9 Å². The lowest BCUT2D eigenvalue weighted by atomic mass is 9.70. The van der Waals surface area contributed by atoms with E-state index in [4.69, 9.17) is 14.2 Å². The number of esters is 1. The van der Waals surface area contributed by atoms with Crippen molar-refractivity contribution in [2.24, 2.45) is 11.8 Å². The molecule has 11 nitrogen and oxygen atoms in total. The van der Waals surface area contributed by atoms with Gasteiger partial charge in [0.05, 0.1) is 38.2 Å². The first-order valence-corrected chi connectivity index (χ1v) is 14.9. The van der Waals surface area contributed by atoms with Crippen molar-refractivity contribution in [1.29, 1.82) is 0 Å². The van der Waals surface area contributed by atoms with Gasteiger partial charge in [-0.1, -0.05) is 28.1 Å². The van der Waals surface area contributed by atoms with Crippen molar-refractivity contribution in [3.8, 4) is 5.75 Å². The summed E-state index contributed by atoms with van der Waals surface area (Å²) in [5.74, 6) is -2.99. The van der Waals surface area contributed by atoms with E-state index in [1.807, 2.05) is 0 Å². The Labute approximate surface area is 254 Å². The smallest absolute Gasteiger partial charge is 0.312 e. The summed E-state index contributed by atoms with van der Waals surface area (Å²) in [6, 6.07) is 5.84. The Hall–Kier alpha value is -3.22. The number of carbonyl (C=O) groups excluding carboxylic acids is 4. The van der Waals surface area contributed by atoms with E-state index in [-0.39, 0.29) is 43.4 Å². The number of aliphatic hydroxyl groups excluding tert-OH is 1. The number of nitrogens with one attached hydrogen (secondary N) is 1. The van der Waals surface area contributed by atoms with Crippen molar-refractivity contribution < 1.29 is 38.5 Å². The van der Waals surface area contributed by atoms with Gasteiger partial charge >= 0.3 is 5.97 Å². The van der Waals surface area contributed by atoms with Gasteiger partial charge in [-0.25, -0.2) is 0 Å². The minimum atomic E-state index is -1.31. The summed E-state index contributed by atoms with van der Waals surface area (Å²) in [5.41, 5.74) is -0.736. The normalized spacial score (nSPS) is 28.1. The summed E-state index contributed by atoms with van der Waals surface area (Å²) in [4.78, 5) is 56.3. The van der Waals surface area contributed by atoms with E-state index in [0.29, 0.717) is 24.3 Å². The lowest BCUT2D eigenvalue weighted by molar-refractivity contribution is -0.159. The molecule has 0 aromatic heterocycles. The molecule has 0 aliphatic carbocycles. The summed E-state index contributed by atoms with van der Waals surface area (Å²) in [5, 5.41) is 12.6. The first-order valence-electron chi connectivity index (χ1n) is 14.0. The standard InChI is InChI=1S/C30H38BrN3O8/c1-5-7-8-22(36)32-17-18(3)41-29(39)23-24-27(37)34(14-15-35)26(30(24)16-21(31)25(23)42-30)28(38)33(13-6-2)19-9-11-20(40-4)12-10-19/h5-6,9-12,18,21,23-26,35H,1-2,7-8,13-17H2,3-4H3,(H,32,36)/t18-,21?,23-,24+,25-,26-,30+/m0/s1. The number of aliphatic hydroxyl groups is 1. The number of rotatable bonds is 14. The highest BCUT2D eigenvalue weighted by atomic mass is 79.9. The number of nitrogens with zero attached hydrogens (tertiary/aromatic N) is 2. The molecule has 42 heavy (non-hydrogen) atoms. The maximum Gasteiger partial charge on any atom is 0.312 e. The second-order valence-corrected chi connectivity index (χ2v) is 11.9. The molecule has 3 heterocycles. The topological polar surface area (TPSA) is 135 Å². The fourth-order valence-electron chi connectivity index (χ4n) is 6.29. The van der Waals surface area contributed by atoms with Gasteiger partial charge in [-0.2, -0.15) is 0 Å². The van der Waals surface area contributed by atoms with Crippen molar-refractivity contribution >= 4 is 45.3 Å². The van der Waals surface area contributed by atoms with Gasteiger partial charge in [0, 0.05) is 30.0 Å². The quantitative estimate of drug-likeness (QED) is 0.178. The van der Waals surface area contributed by atoms with Crippen LogP contribution in [0, 0.1) is 11.8 Å². The largest absolute Gasteiger partial charge is 0.497 e. The van der Waals surface area contributed by atoms with Gasteiger partial charge in [-0.3, -0.25) is 19.2 Å². The maximum absolute atomic E-state index is 14.3. The fourth-order valence-corrected chi connectivity index (χ4v) is 7.23. The number of hydrogen-bond acceptors (Lipinski definition) is 8. The predicted octanol–water partition coefficient (Wildman–Crippen LogP) is 1.97. The lowest BCUT2D eigenvalue weighted by Crippen LogP contribution is -2.57. The molecule has 1 aromatic carbocycles. The van der Waals surface area contributed by atoms with E-state index < -0.39 is 53.5 Å². The number of methoxy groups -OCH3 is 1. The first kappa shape index (κ1) is 31.7. The number of fused-ring (bicyclic) bond motifs is 1. The molecular formula is C30H38BrN3O8. The number of halogens is 1. The van der Waals surface area contributed by atoms with Crippen LogP contribution < -0.4 is 15.0 Å². The van der Waals surface area contributed by atoms with Gasteiger partial charge in [-0.15, -0.1) is 13.2 Å². The third kappa shape index (κ3) is 5.84. The molecule has 228 valence electrons. The molecule has 1 aromatic rings. The number of carbonyl (C=O) groups is 4. The average Bonchev–Trinajstić information content (AvgIpc) is 3.57. The molecule has 12 heteroatoms. The Morgan fingerprint density at radius 3 is 2.62 bits per heavy atom. The summed E-state index contributed by atoms with van der Waals surface area (Å²) in [6.45, 7) is 8.84. The number of benzene rings is 1. The Kier molecular flexibility index (Phi) is 10.1. The monoisotopic (exact) mass is 647 g/mol.